The van der Waals surface area contributed by atoms with E-state index in [9.17, 15) is 4.79 Å². The van der Waals surface area contributed by atoms with Gasteiger partial charge in [-0.25, -0.2) is 14.8 Å². The topological polar surface area (TPSA) is 52.1 Å². The molecule has 0 bridgehead atoms. The van der Waals surface area contributed by atoms with Crippen LogP contribution in [0.4, 0.5) is 0 Å². The molecule has 1 aliphatic rings. The Bertz CT molecular complexity index is 365. The van der Waals surface area contributed by atoms with E-state index in [2.05, 4.69) is 21.6 Å². The van der Waals surface area contributed by atoms with Gasteiger partial charge in [0.15, 0.2) is 0 Å². The Morgan fingerprint density at radius 1 is 1.64 bits per heavy atom. The SMILES string of the molecule is COC(=O)c1cncnc1C1CC1C. The van der Waals surface area contributed by atoms with E-state index in [1.165, 1.54) is 19.6 Å². The van der Waals surface area contributed by atoms with Crippen LogP contribution in [0.15, 0.2) is 12.5 Å². The summed E-state index contributed by atoms with van der Waals surface area (Å²) in [6, 6.07) is 0. The maximum absolute atomic E-state index is 11.4. The van der Waals surface area contributed by atoms with Gasteiger partial charge < -0.3 is 4.74 Å². The molecule has 4 nitrogen and oxygen atoms in total. The predicted molar refractivity (Wildman–Crippen MR) is 49.9 cm³/mol. The van der Waals surface area contributed by atoms with E-state index in [0.29, 0.717) is 17.4 Å². The fourth-order valence-electron chi connectivity index (χ4n) is 1.60. The molecule has 1 fully saturated rings. The molecule has 1 aromatic heterocycles. The van der Waals surface area contributed by atoms with Gasteiger partial charge in [-0.15, -0.1) is 0 Å². The van der Waals surface area contributed by atoms with E-state index in [4.69, 9.17) is 0 Å². The van der Waals surface area contributed by atoms with Crippen molar-refractivity contribution in [3.63, 3.8) is 0 Å². The Labute approximate surface area is 82.3 Å². The molecule has 4 heteroatoms. The summed E-state index contributed by atoms with van der Waals surface area (Å²) in [5.41, 5.74) is 1.34. The predicted octanol–water partition coefficient (Wildman–Crippen LogP) is 1.39. The first kappa shape index (κ1) is 9.12. The Kier molecular flexibility index (Phi) is 2.19. The minimum Gasteiger partial charge on any atom is -0.465 e. The minimum atomic E-state index is -0.347. The van der Waals surface area contributed by atoms with Gasteiger partial charge in [-0.05, 0) is 12.3 Å². The molecule has 1 aliphatic carbocycles. The van der Waals surface area contributed by atoms with E-state index in [1.54, 1.807) is 0 Å². The number of hydrogen-bond donors (Lipinski definition) is 0. The Morgan fingerprint density at radius 3 is 2.93 bits per heavy atom. The van der Waals surface area contributed by atoms with Crippen molar-refractivity contribution in [3.05, 3.63) is 23.8 Å². The van der Waals surface area contributed by atoms with Gasteiger partial charge >= 0.3 is 5.97 Å². The van der Waals surface area contributed by atoms with Crippen molar-refractivity contribution >= 4 is 5.97 Å². The van der Waals surface area contributed by atoms with Gasteiger partial charge in [-0.2, -0.15) is 0 Å². The lowest BCUT2D eigenvalue weighted by molar-refractivity contribution is 0.0598. The highest BCUT2D eigenvalue weighted by atomic mass is 16.5. The summed E-state index contributed by atoms with van der Waals surface area (Å²) in [5, 5.41) is 0. The number of carbonyl (C=O) groups excluding carboxylic acids is 1. The summed E-state index contributed by atoms with van der Waals surface area (Å²) >= 11 is 0. The highest BCUT2D eigenvalue weighted by molar-refractivity contribution is 5.90. The number of methoxy groups -OCH3 is 1. The lowest BCUT2D eigenvalue weighted by Crippen LogP contribution is -2.07. The quantitative estimate of drug-likeness (QED) is 0.664. The van der Waals surface area contributed by atoms with Gasteiger partial charge in [-0.3, -0.25) is 0 Å². The Hall–Kier alpha value is -1.45. The lowest BCUT2D eigenvalue weighted by Gasteiger charge is -2.04. The molecule has 1 heterocycles. The molecule has 0 aliphatic heterocycles. The van der Waals surface area contributed by atoms with Crippen LogP contribution in [-0.4, -0.2) is 23.0 Å². The number of hydrogen-bond acceptors (Lipinski definition) is 4. The molecular weight excluding hydrogens is 180 g/mol. The van der Waals surface area contributed by atoms with Crippen molar-refractivity contribution in [3.8, 4) is 0 Å². The molecule has 0 N–H and O–H groups in total. The molecule has 14 heavy (non-hydrogen) atoms. The zero-order chi connectivity index (χ0) is 10.1. The summed E-state index contributed by atoms with van der Waals surface area (Å²) in [6.45, 7) is 2.15. The molecule has 0 radical (unpaired) electrons. The van der Waals surface area contributed by atoms with Crippen molar-refractivity contribution in [2.45, 2.75) is 19.3 Å². The second-order valence-corrected chi connectivity index (χ2v) is 3.63. The molecule has 1 aromatic rings. The van der Waals surface area contributed by atoms with Crippen molar-refractivity contribution < 1.29 is 9.53 Å². The third-order valence-corrected chi connectivity index (χ3v) is 2.61. The summed E-state index contributed by atoms with van der Waals surface area (Å²) in [7, 11) is 1.37. The van der Waals surface area contributed by atoms with E-state index < -0.39 is 0 Å². The minimum absolute atomic E-state index is 0.347. The van der Waals surface area contributed by atoms with Gasteiger partial charge in [0, 0.05) is 12.1 Å². The Morgan fingerprint density at radius 2 is 2.36 bits per heavy atom. The smallest absolute Gasteiger partial charge is 0.341 e. The van der Waals surface area contributed by atoms with E-state index in [1.807, 2.05) is 0 Å². The largest absolute Gasteiger partial charge is 0.465 e. The molecular formula is C10H12N2O2. The van der Waals surface area contributed by atoms with Crippen molar-refractivity contribution in [2.24, 2.45) is 5.92 Å². The van der Waals surface area contributed by atoms with Crippen LogP contribution in [0.1, 0.15) is 35.3 Å². The van der Waals surface area contributed by atoms with Crippen LogP contribution < -0.4 is 0 Å². The normalized spacial score (nSPS) is 24.4. The van der Waals surface area contributed by atoms with Crippen LogP contribution in [0, 0.1) is 5.92 Å². The number of ether oxygens (including phenoxy) is 1. The molecule has 2 rings (SSSR count). The number of rotatable bonds is 2. The Balaban J connectivity index is 2.34. The fourth-order valence-corrected chi connectivity index (χ4v) is 1.60. The highest BCUT2D eigenvalue weighted by Gasteiger charge is 2.38. The first-order chi connectivity index (χ1) is 6.74. The zero-order valence-electron chi connectivity index (χ0n) is 8.23. The number of esters is 1. The van der Waals surface area contributed by atoms with Crippen molar-refractivity contribution in [1.82, 2.24) is 9.97 Å². The van der Waals surface area contributed by atoms with Crippen LogP contribution in [0.3, 0.4) is 0 Å². The van der Waals surface area contributed by atoms with Crippen LogP contribution in [0.25, 0.3) is 0 Å². The van der Waals surface area contributed by atoms with Crippen LogP contribution in [0.2, 0.25) is 0 Å². The van der Waals surface area contributed by atoms with Crippen LogP contribution >= 0.6 is 0 Å². The maximum atomic E-state index is 11.4. The second kappa shape index (κ2) is 3.36. The molecule has 74 valence electrons. The molecule has 2 unspecified atom stereocenters. The third-order valence-electron chi connectivity index (χ3n) is 2.61. The van der Waals surface area contributed by atoms with E-state index >= 15 is 0 Å². The van der Waals surface area contributed by atoms with Gasteiger partial charge in [0.05, 0.1) is 18.4 Å². The van der Waals surface area contributed by atoms with Gasteiger partial charge in [0.25, 0.3) is 0 Å². The van der Waals surface area contributed by atoms with Gasteiger partial charge in [0.2, 0.25) is 0 Å². The summed E-state index contributed by atoms with van der Waals surface area (Å²) in [6.07, 6.45) is 4.10. The third kappa shape index (κ3) is 1.47. The number of carbonyl (C=O) groups is 1. The second-order valence-electron chi connectivity index (χ2n) is 3.63. The average Bonchev–Trinajstić information content (AvgIpc) is 2.94. The fraction of sp³-hybridized carbons (Fsp3) is 0.500. The molecule has 0 amide bonds. The van der Waals surface area contributed by atoms with Crippen molar-refractivity contribution in [1.29, 1.82) is 0 Å². The molecule has 0 aromatic carbocycles. The first-order valence-electron chi connectivity index (χ1n) is 4.62. The summed E-state index contributed by atoms with van der Waals surface area (Å²) in [4.78, 5) is 19.4. The van der Waals surface area contributed by atoms with E-state index in [-0.39, 0.29) is 5.97 Å². The van der Waals surface area contributed by atoms with Crippen LogP contribution in [0.5, 0.6) is 0 Å². The standard InChI is InChI=1S/C10H12N2O2/c1-6-3-7(6)9-8(10(13)14-2)4-11-5-12-9/h4-7H,3H2,1-2H3. The van der Waals surface area contributed by atoms with Crippen molar-refractivity contribution in [2.75, 3.05) is 7.11 Å². The average molecular weight is 192 g/mol. The number of nitrogens with zero attached hydrogens (tertiary/aromatic N) is 2. The highest BCUT2D eigenvalue weighted by Crippen LogP contribution is 2.46. The molecule has 2 atom stereocenters. The molecule has 1 saturated carbocycles. The number of aromatic nitrogens is 2. The van der Waals surface area contributed by atoms with E-state index in [0.717, 1.165) is 12.1 Å². The zero-order valence-corrected chi connectivity index (χ0v) is 8.23. The molecule has 0 spiro atoms. The first-order valence-corrected chi connectivity index (χ1v) is 4.62. The summed E-state index contributed by atoms with van der Waals surface area (Å²) in [5.74, 6) is 0.681. The van der Waals surface area contributed by atoms with Gasteiger partial charge in [-0.1, -0.05) is 6.92 Å². The van der Waals surface area contributed by atoms with Crippen LogP contribution in [-0.2, 0) is 4.74 Å². The van der Waals surface area contributed by atoms with Gasteiger partial charge in [0.1, 0.15) is 6.33 Å². The maximum Gasteiger partial charge on any atom is 0.341 e. The lowest BCUT2D eigenvalue weighted by atomic mass is 10.1. The monoisotopic (exact) mass is 192 g/mol. The summed E-state index contributed by atoms with van der Waals surface area (Å²) < 4.78 is 4.67. The molecule has 0 saturated heterocycles.